The fourth-order valence-corrected chi connectivity index (χ4v) is 7.53. The number of fused-ring (bicyclic) bond motifs is 5. The van der Waals surface area contributed by atoms with Gasteiger partial charge in [0.1, 0.15) is 5.78 Å². The molecule has 0 heterocycles. The van der Waals surface area contributed by atoms with Crippen molar-refractivity contribution in [1.29, 1.82) is 0 Å². The molecule has 0 aromatic heterocycles. The Morgan fingerprint density at radius 3 is 2.33 bits per heavy atom. The second-order valence-corrected chi connectivity index (χ2v) is 9.88. The van der Waals surface area contributed by atoms with Gasteiger partial charge in [0.15, 0.2) is 5.78 Å². The van der Waals surface area contributed by atoms with E-state index in [9.17, 15) is 30.0 Å². The molecule has 4 aliphatic rings. The zero-order chi connectivity index (χ0) is 20.0. The summed E-state index contributed by atoms with van der Waals surface area (Å²) in [6, 6.07) is 0. The van der Waals surface area contributed by atoms with Crippen LogP contribution in [0.5, 0.6) is 0 Å². The van der Waals surface area contributed by atoms with Crippen LogP contribution in [0.15, 0.2) is 11.6 Å². The van der Waals surface area contributed by atoms with Crippen molar-refractivity contribution in [3.05, 3.63) is 11.6 Å². The molecular weight excluding hydrogens is 348 g/mol. The molecule has 6 heteroatoms. The van der Waals surface area contributed by atoms with Gasteiger partial charge in [-0.1, -0.05) is 19.4 Å². The molecule has 0 aliphatic heterocycles. The Morgan fingerprint density at radius 2 is 1.70 bits per heavy atom. The highest BCUT2D eigenvalue weighted by atomic mass is 16.6. The first kappa shape index (κ1) is 19.2. The van der Waals surface area contributed by atoms with Gasteiger partial charge in [-0.05, 0) is 67.8 Å². The van der Waals surface area contributed by atoms with Crippen LogP contribution >= 0.6 is 0 Å². The standard InChI is InChI=1S/C21H30O6/c1-11(22)16-19(3)9-7-15-14(17(19)21(26,27)20(16,24)25)5-4-12-10-13(23)6-8-18(12,15)2/h10,14-17,24-27H,4-9H2,1-3H3/t14-,15+,16-,17+,18+,19-/m1/s1. The van der Waals surface area contributed by atoms with Crippen molar-refractivity contribution in [1.82, 2.24) is 0 Å². The smallest absolute Gasteiger partial charge is 0.229 e. The molecule has 0 unspecified atom stereocenters. The Labute approximate surface area is 159 Å². The molecule has 0 aromatic rings. The van der Waals surface area contributed by atoms with Gasteiger partial charge in [-0.2, -0.15) is 0 Å². The molecule has 6 atom stereocenters. The molecule has 0 saturated heterocycles. The molecule has 27 heavy (non-hydrogen) atoms. The summed E-state index contributed by atoms with van der Waals surface area (Å²) in [6.07, 6.45) is 5.65. The molecule has 0 bridgehead atoms. The predicted octanol–water partition coefficient (Wildman–Crippen LogP) is 1.31. The summed E-state index contributed by atoms with van der Waals surface area (Å²) in [7, 11) is 0. The van der Waals surface area contributed by atoms with E-state index in [1.54, 1.807) is 13.0 Å². The summed E-state index contributed by atoms with van der Waals surface area (Å²) < 4.78 is 0. The van der Waals surface area contributed by atoms with Crippen LogP contribution in [0.1, 0.15) is 59.3 Å². The normalized spacial score (nSPS) is 47.5. The summed E-state index contributed by atoms with van der Waals surface area (Å²) in [6.45, 7) is 5.24. The Bertz CT molecular complexity index is 737. The molecule has 0 aromatic carbocycles. The molecule has 150 valence electrons. The highest BCUT2D eigenvalue weighted by Crippen LogP contribution is 2.70. The average Bonchev–Trinajstić information content (AvgIpc) is 2.66. The predicted molar refractivity (Wildman–Crippen MR) is 96.0 cm³/mol. The maximum absolute atomic E-state index is 12.3. The number of aliphatic hydroxyl groups is 4. The number of hydrogen-bond donors (Lipinski definition) is 4. The van der Waals surface area contributed by atoms with E-state index < -0.39 is 34.6 Å². The van der Waals surface area contributed by atoms with E-state index >= 15 is 0 Å². The fourth-order valence-electron chi connectivity index (χ4n) is 7.53. The first-order chi connectivity index (χ1) is 12.4. The Hall–Kier alpha value is -1.08. The minimum absolute atomic E-state index is 0.129. The SMILES string of the molecule is CC(=O)[C@H]1C(O)(O)C(O)(O)[C@H]2[C@@H]3CCC4=CC(=O)CC[C@]4(C)[C@H]3CC[C@@]21C. The van der Waals surface area contributed by atoms with E-state index in [0.717, 1.165) is 18.4 Å². The Kier molecular flexibility index (Phi) is 3.92. The number of rotatable bonds is 1. The molecule has 4 aliphatic carbocycles. The van der Waals surface area contributed by atoms with E-state index in [2.05, 4.69) is 6.92 Å². The molecule has 4 N–H and O–H groups in total. The lowest BCUT2D eigenvalue weighted by Gasteiger charge is -2.58. The number of carbonyl (C=O) groups excluding carboxylic acids is 2. The van der Waals surface area contributed by atoms with Crippen LogP contribution in [0.25, 0.3) is 0 Å². The lowest BCUT2D eigenvalue weighted by atomic mass is 9.46. The minimum atomic E-state index is -2.87. The molecular formula is C21H30O6. The largest absolute Gasteiger partial charge is 0.361 e. The van der Waals surface area contributed by atoms with Gasteiger partial charge in [0.25, 0.3) is 0 Å². The van der Waals surface area contributed by atoms with Crippen molar-refractivity contribution in [3.63, 3.8) is 0 Å². The lowest BCUT2D eigenvalue weighted by molar-refractivity contribution is -0.368. The molecule has 0 radical (unpaired) electrons. The van der Waals surface area contributed by atoms with Crippen LogP contribution < -0.4 is 0 Å². The Morgan fingerprint density at radius 1 is 1.04 bits per heavy atom. The Balaban J connectivity index is 1.81. The topological polar surface area (TPSA) is 115 Å². The van der Waals surface area contributed by atoms with Crippen molar-refractivity contribution in [3.8, 4) is 0 Å². The van der Waals surface area contributed by atoms with Gasteiger partial charge >= 0.3 is 0 Å². The lowest BCUT2D eigenvalue weighted by Crippen LogP contribution is -2.60. The van der Waals surface area contributed by atoms with Crippen LogP contribution in [0, 0.1) is 34.5 Å². The molecule has 0 spiro atoms. The highest BCUT2D eigenvalue weighted by Gasteiger charge is 2.77. The summed E-state index contributed by atoms with van der Waals surface area (Å²) in [5.74, 6) is -7.94. The molecule has 3 fully saturated rings. The van der Waals surface area contributed by atoms with Crippen molar-refractivity contribution in [2.24, 2.45) is 34.5 Å². The van der Waals surface area contributed by atoms with Gasteiger partial charge in [0.05, 0.1) is 5.92 Å². The summed E-state index contributed by atoms with van der Waals surface area (Å²) in [5.41, 5.74) is 0.0727. The summed E-state index contributed by atoms with van der Waals surface area (Å²) in [4.78, 5) is 24.2. The first-order valence-electron chi connectivity index (χ1n) is 10.0. The van der Waals surface area contributed by atoms with E-state index in [0.29, 0.717) is 25.7 Å². The van der Waals surface area contributed by atoms with Crippen molar-refractivity contribution < 1.29 is 30.0 Å². The first-order valence-corrected chi connectivity index (χ1v) is 10.0. The zero-order valence-corrected chi connectivity index (χ0v) is 16.2. The van der Waals surface area contributed by atoms with Crippen LogP contribution in [0.4, 0.5) is 0 Å². The third kappa shape index (κ3) is 2.21. The fraction of sp³-hybridized carbons (Fsp3) is 0.810. The molecule has 0 amide bonds. The van der Waals surface area contributed by atoms with Crippen LogP contribution in [0.3, 0.4) is 0 Å². The molecule has 3 saturated carbocycles. The third-order valence-corrected chi connectivity index (χ3v) is 8.62. The van der Waals surface area contributed by atoms with Crippen molar-refractivity contribution in [2.75, 3.05) is 0 Å². The number of ketones is 2. The van der Waals surface area contributed by atoms with E-state index in [1.165, 1.54) is 6.92 Å². The van der Waals surface area contributed by atoms with Crippen LogP contribution in [-0.2, 0) is 9.59 Å². The van der Waals surface area contributed by atoms with E-state index in [1.807, 2.05) is 0 Å². The number of carbonyl (C=O) groups is 2. The van der Waals surface area contributed by atoms with E-state index in [4.69, 9.17) is 0 Å². The summed E-state index contributed by atoms with van der Waals surface area (Å²) >= 11 is 0. The monoisotopic (exact) mass is 378 g/mol. The van der Waals surface area contributed by atoms with Gasteiger partial charge < -0.3 is 20.4 Å². The van der Waals surface area contributed by atoms with Gasteiger partial charge in [0.2, 0.25) is 11.6 Å². The number of allylic oxidation sites excluding steroid dienone is 1. The van der Waals surface area contributed by atoms with Gasteiger partial charge in [-0.15, -0.1) is 0 Å². The average molecular weight is 378 g/mol. The van der Waals surface area contributed by atoms with Crippen LogP contribution in [0.2, 0.25) is 0 Å². The number of Topliss-reactive ketones (excluding diaryl/α,β-unsaturated/α-hetero) is 1. The van der Waals surface area contributed by atoms with Gasteiger partial charge in [-0.3, -0.25) is 9.59 Å². The van der Waals surface area contributed by atoms with Gasteiger partial charge in [-0.25, -0.2) is 0 Å². The maximum atomic E-state index is 12.3. The minimum Gasteiger partial charge on any atom is -0.361 e. The number of hydrogen-bond acceptors (Lipinski definition) is 6. The zero-order valence-electron chi connectivity index (χ0n) is 16.2. The maximum Gasteiger partial charge on any atom is 0.229 e. The molecule has 6 nitrogen and oxygen atoms in total. The second-order valence-electron chi connectivity index (χ2n) is 9.88. The summed E-state index contributed by atoms with van der Waals surface area (Å²) in [5, 5.41) is 43.1. The third-order valence-electron chi connectivity index (χ3n) is 8.62. The van der Waals surface area contributed by atoms with Gasteiger partial charge in [0, 0.05) is 12.3 Å². The van der Waals surface area contributed by atoms with Crippen molar-refractivity contribution in [2.45, 2.75) is 70.9 Å². The van der Waals surface area contributed by atoms with Crippen LogP contribution in [-0.4, -0.2) is 43.6 Å². The highest BCUT2D eigenvalue weighted by molar-refractivity contribution is 5.91. The molecule has 4 rings (SSSR count). The quantitative estimate of drug-likeness (QED) is 0.512. The second kappa shape index (κ2) is 5.50. The van der Waals surface area contributed by atoms with Crippen molar-refractivity contribution >= 4 is 11.6 Å². The van der Waals surface area contributed by atoms with E-state index in [-0.39, 0.29) is 23.0 Å².